The third kappa shape index (κ3) is 3.95. The minimum absolute atomic E-state index is 0.227. The highest BCUT2D eigenvalue weighted by Crippen LogP contribution is 2.34. The maximum absolute atomic E-state index is 9.26. The summed E-state index contributed by atoms with van der Waals surface area (Å²) in [6.45, 7) is 3.85. The van der Waals surface area contributed by atoms with Crippen LogP contribution in [0.25, 0.3) is 0 Å². The Morgan fingerprint density at radius 1 is 1.22 bits per heavy atom. The van der Waals surface area contributed by atoms with E-state index in [2.05, 4.69) is 39.1 Å². The SMILES string of the molecule is Cc1cnc(CN(CCCO)[C@@H]2CCCc3ccccc32)cn1. The molecule has 0 bridgehead atoms. The average molecular weight is 311 g/mol. The van der Waals surface area contributed by atoms with E-state index in [9.17, 15) is 5.11 Å². The third-order valence-corrected chi connectivity index (χ3v) is 4.58. The lowest BCUT2D eigenvalue weighted by Gasteiger charge is -2.35. The van der Waals surface area contributed by atoms with Crippen LogP contribution >= 0.6 is 0 Å². The highest BCUT2D eigenvalue weighted by molar-refractivity contribution is 5.32. The van der Waals surface area contributed by atoms with E-state index in [4.69, 9.17) is 0 Å². The molecule has 1 aromatic carbocycles. The Hall–Kier alpha value is -1.78. The number of nitrogens with zero attached hydrogens (tertiary/aromatic N) is 3. The van der Waals surface area contributed by atoms with Crippen molar-refractivity contribution in [2.75, 3.05) is 13.2 Å². The number of rotatable bonds is 6. The van der Waals surface area contributed by atoms with Crippen molar-refractivity contribution in [3.63, 3.8) is 0 Å². The van der Waals surface area contributed by atoms with Gasteiger partial charge in [0.25, 0.3) is 0 Å². The number of fused-ring (bicyclic) bond motifs is 1. The van der Waals surface area contributed by atoms with Gasteiger partial charge in [0.05, 0.1) is 11.4 Å². The van der Waals surface area contributed by atoms with Crippen LogP contribution in [0.4, 0.5) is 0 Å². The number of aliphatic hydroxyl groups is 1. The van der Waals surface area contributed by atoms with Crippen molar-refractivity contribution in [3.8, 4) is 0 Å². The Balaban J connectivity index is 1.83. The number of benzene rings is 1. The van der Waals surface area contributed by atoms with Crippen LogP contribution in [0.3, 0.4) is 0 Å². The van der Waals surface area contributed by atoms with Crippen LogP contribution in [-0.2, 0) is 13.0 Å². The Morgan fingerprint density at radius 2 is 2.09 bits per heavy atom. The quantitative estimate of drug-likeness (QED) is 0.891. The maximum atomic E-state index is 9.26. The zero-order chi connectivity index (χ0) is 16.1. The predicted molar refractivity (Wildman–Crippen MR) is 91.0 cm³/mol. The molecule has 1 aliphatic carbocycles. The number of aromatic nitrogens is 2. The van der Waals surface area contributed by atoms with Crippen LogP contribution in [-0.4, -0.2) is 33.1 Å². The number of aliphatic hydroxyl groups excluding tert-OH is 1. The molecule has 0 aliphatic heterocycles. The van der Waals surface area contributed by atoms with Crippen molar-refractivity contribution in [1.29, 1.82) is 0 Å². The normalized spacial score (nSPS) is 17.3. The highest BCUT2D eigenvalue weighted by atomic mass is 16.3. The van der Waals surface area contributed by atoms with Crippen LogP contribution in [0.5, 0.6) is 0 Å². The van der Waals surface area contributed by atoms with Gasteiger partial charge in [-0.3, -0.25) is 14.9 Å². The fourth-order valence-electron chi connectivity index (χ4n) is 3.44. The largest absolute Gasteiger partial charge is 0.396 e. The third-order valence-electron chi connectivity index (χ3n) is 4.58. The molecule has 23 heavy (non-hydrogen) atoms. The monoisotopic (exact) mass is 311 g/mol. The Labute approximate surface area is 138 Å². The summed E-state index contributed by atoms with van der Waals surface area (Å²) in [6, 6.07) is 9.18. The lowest BCUT2D eigenvalue weighted by molar-refractivity contribution is 0.150. The van der Waals surface area contributed by atoms with Gasteiger partial charge < -0.3 is 5.11 Å². The molecule has 4 heteroatoms. The Morgan fingerprint density at radius 3 is 2.87 bits per heavy atom. The van der Waals surface area contributed by atoms with Gasteiger partial charge in [0, 0.05) is 38.1 Å². The average Bonchev–Trinajstić information content (AvgIpc) is 2.60. The molecule has 0 fully saturated rings. The van der Waals surface area contributed by atoms with Gasteiger partial charge in [0.2, 0.25) is 0 Å². The molecule has 0 amide bonds. The molecule has 0 spiro atoms. The summed E-state index contributed by atoms with van der Waals surface area (Å²) in [5.74, 6) is 0. The molecule has 2 aromatic rings. The lowest BCUT2D eigenvalue weighted by atomic mass is 9.86. The molecule has 4 nitrogen and oxygen atoms in total. The van der Waals surface area contributed by atoms with Crippen molar-refractivity contribution in [3.05, 3.63) is 59.2 Å². The topological polar surface area (TPSA) is 49.2 Å². The Kier molecular flexibility index (Phi) is 5.36. The van der Waals surface area contributed by atoms with Gasteiger partial charge in [0.15, 0.2) is 0 Å². The van der Waals surface area contributed by atoms with Gasteiger partial charge in [-0.05, 0) is 43.7 Å². The van der Waals surface area contributed by atoms with Gasteiger partial charge in [-0.15, -0.1) is 0 Å². The molecule has 1 aromatic heterocycles. The molecule has 122 valence electrons. The minimum Gasteiger partial charge on any atom is -0.396 e. The predicted octanol–water partition coefficient (Wildman–Crippen LogP) is 3.05. The molecule has 1 aliphatic rings. The first-order chi connectivity index (χ1) is 11.3. The fraction of sp³-hybridized carbons (Fsp3) is 0.474. The van der Waals surface area contributed by atoms with E-state index in [1.54, 1.807) is 0 Å². The summed E-state index contributed by atoms with van der Waals surface area (Å²) in [5.41, 5.74) is 4.85. The summed E-state index contributed by atoms with van der Waals surface area (Å²) in [6.07, 6.45) is 8.05. The van der Waals surface area contributed by atoms with Crippen molar-refractivity contribution in [2.24, 2.45) is 0 Å². The second kappa shape index (κ2) is 7.66. The van der Waals surface area contributed by atoms with E-state index in [0.717, 1.165) is 30.9 Å². The van der Waals surface area contributed by atoms with Crippen molar-refractivity contribution in [2.45, 2.75) is 45.2 Å². The van der Waals surface area contributed by atoms with E-state index >= 15 is 0 Å². The standard InChI is InChI=1S/C19H25N3O/c1-15-12-21-17(13-20-15)14-22(10-5-11-23)19-9-4-7-16-6-2-3-8-18(16)19/h2-3,6,8,12-13,19,23H,4-5,7,9-11,14H2,1H3/t19-/m1/s1. The lowest BCUT2D eigenvalue weighted by Crippen LogP contribution is -2.32. The molecule has 0 unspecified atom stereocenters. The summed E-state index contributed by atoms with van der Waals surface area (Å²) >= 11 is 0. The molecule has 0 saturated carbocycles. The van der Waals surface area contributed by atoms with Crippen LogP contribution in [0, 0.1) is 6.92 Å². The van der Waals surface area contributed by atoms with Crippen LogP contribution in [0.15, 0.2) is 36.7 Å². The number of hydrogen-bond acceptors (Lipinski definition) is 4. The molecule has 3 rings (SSSR count). The zero-order valence-electron chi connectivity index (χ0n) is 13.8. The molecular weight excluding hydrogens is 286 g/mol. The second-order valence-electron chi connectivity index (χ2n) is 6.30. The van der Waals surface area contributed by atoms with E-state index in [1.807, 2.05) is 19.3 Å². The molecule has 0 saturated heterocycles. The summed E-state index contributed by atoms with van der Waals surface area (Å²) < 4.78 is 0. The van der Waals surface area contributed by atoms with Gasteiger partial charge in [0.1, 0.15) is 0 Å². The Bertz CT molecular complexity index is 627. The first-order valence-electron chi connectivity index (χ1n) is 8.48. The van der Waals surface area contributed by atoms with Crippen LogP contribution in [0.1, 0.15) is 47.8 Å². The van der Waals surface area contributed by atoms with E-state index < -0.39 is 0 Å². The van der Waals surface area contributed by atoms with Crippen molar-refractivity contribution < 1.29 is 5.11 Å². The van der Waals surface area contributed by atoms with E-state index in [0.29, 0.717) is 6.04 Å². The van der Waals surface area contributed by atoms with E-state index in [1.165, 1.54) is 30.4 Å². The molecule has 0 radical (unpaired) electrons. The second-order valence-corrected chi connectivity index (χ2v) is 6.30. The first kappa shape index (κ1) is 16.1. The summed E-state index contributed by atoms with van der Waals surface area (Å²) in [4.78, 5) is 11.3. The van der Waals surface area contributed by atoms with E-state index in [-0.39, 0.29) is 6.61 Å². The van der Waals surface area contributed by atoms with Crippen LogP contribution < -0.4 is 0 Å². The number of hydrogen-bond donors (Lipinski definition) is 1. The van der Waals surface area contributed by atoms with Gasteiger partial charge in [-0.25, -0.2) is 0 Å². The van der Waals surface area contributed by atoms with Crippen molar-refractivity contribution >= 4 is 0 Å². The van der Waals surface area contributed by atoms with Crippen LogP contribution in [0.2, 0.25) is 0 Å². The van der Waals surface area contributed by atoms with Gasteiger partial charge in [-0.2, -0.15) is 0 Å². The molecule has 1 heterocycles. The first-order valence-corrected chi connectivity index (χ1v) is 8.48. The van der Waals surface area contributed by atoms with Crippen molar-refractivity contribution in [1.82, 2.24) is 14.9 Å². The molecular formula is C19H25N3O. The highest BCUT2D eigenvalue weighted by Gasteiger charge is 2.25. The minimum atomic E-state index is 0.227. The fourth-order valence-corrected chi connectivity index (χ4v) is 3.44. The zero-order valence-corrected chi connectivity index (χ0v) is 13.8. The summed E-state index contributed by atoms with van der Waals surface area (Å²) in [7, 11) is 0. The molecule has 1 atom stereocenters. The molecule has 1 N–H and O–H groups in total. The maximum Gasteiger partial charge on any atom is 0.0727 e. The number of aryl methyl sites for hydroxylation is 2. The van der Waals surface area contributed by atoms with Gasteiger partial charge in [-0.1, -0.05) is 24.3 Å². The van der Waals surface area contributed by atoms with Gasteiger partial charge >= 0.3 is 0 Å². The summed E-state index contributed by atoms with van der Waals surface area (Å²) in [5, 5.41) is 9.26. The smallest absolute Gasteiger partial charge is 0.0727 e.